The van der Waals surface area contributed by atoms with E-state index in [9.17, 15) is 19.2 Å². The van der Waals surface area contributed by atoms with E-state index in [-0.39, 0.29) is 23.7 Å². The van der Waals surface area contributed by atoms with Gasteiger partial charge >= 0.3 is 5.69 Å². The summed E-state index contributed by atoms with van der Waals surface area (Å²) in [6.07, 6.45) is 10.1. The van der Waals surface area contributed by atoms with Crippen LogP contribution in [-0.2, 0) is 18.3 Å². The number of carbonyl (C=O) groups is 1. The number of amides is 1. The zero-order chi connectivity index (χ0) is 37.2. The number of methoxy groups -OCH3 is 2. The molecule has 2 aliphatic heterocycles. The van der Waals surface area contributed by atoms with Crippen LogP contribution in [-0.4, -0.2) is 87.4 Å². The topological polar surface area (TPSA) is 141 Å². The second-order valence-electron chi connectivity index (χ2n) is 13.8. The number of nitrogens with zero attached hydrogens (tertiary/aromatic N) is 5. The Bertz CT molecular complexity index is 2310. The maximum absolute atomic E-state index is 13.5. The Labute approximate surface area is 306 Å². The van der Waals surface area contributed by atoms with E-state index in [0.717, 1.165) is 77.9 Å². The number of hydrogen-bond acceptors (Lipinski definition) is 9. The predicted molar refractivity (Wildman–Crippen MR) is 201 cm³/mol. The summed E-state index contributed by atoms with van der Waals surface area (Å²) in [7, 11) is 5.07. The van der Waals surface area contributed by atoms with Crippen molar-refractivity contribution in [3.63, 3.8) is 0 Å². The van der Waals surface area contributed by atoms with Crippen molar-refractivity contribution in [3.8, 4) is 28.3 Å². The zero-order valence-corrected chi connectivity index (χ0v) is 30.5. The van der Waals surface area contributed by atoms with Gasteiger partial charge in [-0.15, -0.1) is 0 Å². The first kappa shape index (κ1) is 35.9. The van der Waals surface area contributed by atoms with Gasteiger partial charge in [-0.2, -0.15) is 0 Å². The number of ether oxygens (including phenoxy) is 3. The van der Waals surface area contributed by atoms with Crippen molar-refractivity contribution >= 4 is 16.7 Å². The summed E-state index contributed by atoms with van der Waals surface area (Å²) >= 11 is 0. The summed E-state index contributed by atoms with van der Waals surface area (Å²) in [6.45, 7) is 5.43. The molecule has 2 fully saturated rings. The van der Waals surface area contributed by atoms with Crippen LogP contribution in [0.5, 0.6) is 11.5 Å². The third-order valence-electron chi connectivity index (χ3n) is 10.5. The Morgan fingerprint density at radius 3 is 2.23 bits per heavy atom. The Balaban J connectivity index is 0.951. The number of aryl methyl sites for hydroxylation is 2. The maximum atomic E-state index is 13.5. The highest BCUT2D eigenvalue weighted by Gasteiger charge is 2.29. The Morgan fingerprint density at radius 1 is 0.887 bits per heavy atom. The fourth-order valence-corrected chi connectivity index (χ4v) is 7.52. The highest BCUT2D eigenvalue weighted by Crippen LogP contribution is 2.38. The Hall–Kier alpha value is -5.53. The number of piperidine rings is 2. The molecule has 0 atom stereocenters. The fraction of sp³-hybridized carbons (Fsp3) is 0.375. The third-order valence-corrected chi connectivity index (χ3v) is 10.5. The number of rotatable bonds is 9. The highest BCUT2D eigenvalue weighted by molar-refractivity contribution is 5.96. The molecule has 0 radical (unpaired) electrons. The quantitative estimate of drug-likeness (QED) is 0.239. The number of fused-ring (bicyclic) bond motifs is 1. The van der Waals surface area contributed by atoms with Crippen LogP contribution < -0.4 is 26.3 Å². The molecule has 2 saturated heterocycles. The minimum Gasteiger partial charge on any atom is -0.496 e. The molecule has 5 heterocycles. The van der Waals surface area contributed by atoms with Crippen molar-refractivity contribution < 1.29 is 19.0 Å². The van der Waals surface area contributed by atoms with Crippen LogP contribution in [0.4, 0.5) is 0 Å². The first-order valence-electron chi connectivity index (χ1n) is 17.9. The van der Waals surface area contributed by atoms with Gasteiger partial charge in [-0.1, -0.05) is 6.07 Å². The number of nitrogens with one attached hydrogen (secondary N) is 1. The first-order chi connectivity index (χ1) is 25.6. The molecule has 13 heteroatoms. The van der Waals surface area contributed by atoms with Gasteiger partial charge in [-0.3, -0.25) is 33.8 Å². The monoisotopic (exact) mass is 720 g/mol. The maximum Gasteiger partial charge on any atom is 0.332 e. The molecule has 1 amide bonds. The van der Waals surface area contributed by atoms with Crippen LogP contribution in [0.15, 0.2) is 81.6 Å². The second kappa shape index (κ2) is 15.2. The van der Waals surface area contributed by atoms with Crippen molar-refractivity contribution in [3.05, 3.63) is 115 Å². The smallest absolute Gasteiger partial charge is 0.332 e. The average Bonchev–Trinajstić information content (AvgIpc) is 3.17. The molecule has 2 aromatic carbocycles. The summed E-state index contributed by atoms with van der Waals surface area (Å²) in [6, 6.07) is 12.5. The van der Waals surface area contributed by atoms with Crippen LogP contribution in [0, 0.1) is 6.92 Å². The van der Waals surface area contributed by atoms with Gasteiger partial charge in [0.15, 0.2) is 0 Å². The summed E-state index contributed by atoms with van der Waals surface area (Å²) in [5.41, 5.74) is 3.51. The van der Waals surface area contributed by atoms with Gasteiger partial charge in [0.2, 0.25) is 0 Å². The summed E-state index contributed by atoms with van der Waals surface area (Å²) < 4.78 is 21.3. The molecule has 0 unspecified atom stereocenters. The fourth-order valence-electron chi connectivity index (χ4n) is 7.52. The second-order valence-corrected chi connectivity index (χ2v) is 13.8. The molecule has 0 aliphatic carbocycles. The van der Waals surface area contributed by atoms with E-state index in [1.807, 2.05) is 42.3 Å². The van der Waals surface area contributed by atoms with Gasteiger partial charge in [-0.25, -0.2) is 4.79 Å². The van der Waals surface area contributed by atoms with E-state index in [4.69, 9.17) is 14.2 Å². The van der Waals surface area contributed by atoms with E-state index < -0.39 is 11.2 Å². The lowest BCUT2D eigenvalue weighted by Gasteiger charge is -2.37. The average molecular weight is 721 g/mol. The van der Waals surface area contributed by atoms with E-state index in [1.54, 1.807) is 50.4 Å². The van der Waals surface area contributed by atoms with E-state index >= 15 is 0 Å². The molecule has 0 bridgehead atoms. The molecule has 0 saturated carbocycles. The van der Waals surface area contributed by atoms with Crippen LogP contribution >= 0.6 is 0 Å². The van der Waals surface area contributed by atoms with Gasteiger partial charge < -0.3 is 23.7 Å². The minimum absolute atomic E-state index is 0.0842. The van der Waals surface area contributed by atoms with Crippen molar-refractivity contribution in [1.29, 1.82) is 0 Å². The van der Waals surface area contributed by atoms with Crippen molar-refractivity contribution in [2.75, 3.05) is 40.4 Å². The molecular weight excluding hydrogens is 676 g/mol. The number of benzene rings is 2. The first-order valence-corrected chi connectivity index (χ1v) is 17.9. The zero-order valence-electron chi connectivity index (χ0n) is 30.5. The molecule has 5 aromatic rings. The number of aromatic nitrogens is 4. The Morgan fingerprint density at radius 2 is 1.57 bits per heavy atom. The molecule has 2 aliphatic rings. The lowest BCUT2D eigenvalue weighted by atomic mass is 9.98. The van der Waals surface area contributed by atoms with E-state index in [1.165, 1.54) is 16.8 Å². The normalized spacial score (nSPS) is 15.9. The number of H-pyrrole nitrogens is 1. The number of likely N-dealkylation sites (tertiary alicyclic amines) is 2. The molecule has 7 rings (SSSR count). The van der Waals surface area contributed by atoms with E-state index in [2.05, 4.69) is 14.9 Å². The minimum atomic E-state index is -0.547. The molecule has 276 valence electrons. The standard InChI is InChI=1S/C40H44N6O7/c1-25-5-6-26(19-34(25)46-18-12-37(47)42-40(46)50)38(48)45-16-10-29(11-17-45)53-28-8-14-44(15-9-28)24-33-35(51-3)20-27(21-36(33)52-4)32-23-43(2)39(49)31-22-41-13-7-30(31)32/h5-7,12-13,18-23,28-29H,8-11,14-17,24H2,1-4H3,(H,42,47,50). The lowest BCUT2D eigenvalue weighted by Crippen LogP contribution is -2.43. The summed E-state index contributed by atoms with van der Waals surface area (Å²) in [5, 5.41) is 1.38. The van der Waals surface area contributed by atoms with Crippen molar-refractivity contribution in [2.24, 2.45) is 7.05 Å². The lowest BCUT2D eigenvalue weighted by molar-refractivity contribution is -0.0629. The van der Waals surface area contributed by atoms with Crippen LogP contribution in [0.2, 0.25) is 0 Å². The largest absolute Gasteiger partial charge is 0.496 e. The molecule has 0 spiro atoms. The van der Waals surface area contributed by atoms with Crippen LogP contribution in [0.25, 0.3) is 27.6 Å². The van der Waals surface area contributed by atoms with Gasteiger partial charge in [0.25, 0.3) is 17.0 Å². The third kappa shape index (κ3) is 7.40. The number of aromatic amines is 1. The molecule has 3 aromatic heterocycles. The predicted octanol–water partition coefficient (Wildman–Crippen LogP) is 4.05. The van der Waals surface area contributed by atoms with Crippen molar-refractivity contribution in [2.45, 2.75) is 51.4 Å². The van der Waals surface area contributed by atoms with Crippen molar-refractivity contribution in [1.82, 2.24) is 28.9 Å². The molecule has 1 N–H and O–H groups in total. The van der Waals surface area contributed by atoms with Crippen LogP contribution in [0.3, 0.4) is 0 Å². The number of hydrogen-bond donors (Lipinski definition) is 1. The number of pyridine rings is 2. The molecule has 13 nitrogen and oxygen atoms in total. The number of carbonyl (C=O) groups excluding carboxylic acids is 1. The van der Waals surface area contributed by atoms with Gasteiger partial charge in [0.1, 0.15) is 11.5 Å². The summed E-state index contributed by atoms with van der Waals surface area (Å²) in [5.74, 6) is 1.36. The summed E-state index contributed by atoms with van der Waals surface area (Å²) in [4.78, 5) is 60.9. The molecule has 53 heavy (non-hydrogen) atoms. The van der Waals surface area contributed by atoms with E-state index in [0.29, 0.717) is 36.3 Å². The van der Waals surface area contributed by atoms with Gasteiger partial charge in [0, 0.05) is 81.8 Å². The van der Waals surface area contributed by atoms with Crippen LogP contribution in [0.1, 0.15) is 47.2 Å². The highest BCUT2D eigenvalue weighted by atomic mass is 16.5. The Kier molecular flexibility index (Phi) is 10.3. The van der Waals surface area contributed by atoms with Gasteiger partial charge in [-0.05, 0) is 79.5 Å². The molecular formula is C40H44N6O7. The van der Waals surface area contributed by atoms with Gasteiger partial charge in [0.05, 0.1) is 43.1 Å². The SMILES string of the molecule is COc1cc(-c2cn(C)c(=O)c3cnccc23)cc(OC)c1CN1CCC(OC2CCN(C(=O)c3ccc(C)c(-n4ccc(=O)[nH]c4=O)c3)CC2)CC1.